The molecule has 0 aliphatic carbocycles. The smallest absolute Gasteiger partial charge is 0.416 e. The monoisotopic (exact) mass is 335 g/mol. The molecule has 2 N–H and O–H groups in total. The number of nitrogens with zero attached hydrogens (tertiary/aromatic N) is 1. The lowest BCUT2D eigenvalue weighted by Crippen LogP contribution is -2.33. The molecule has 1 aromatic carbocycles. The van der Waals surface area contributed by atoms with Crippen molar-refractivity contribution in [3.8, 4) is 0 Å². The molecular formula is C12H10F3N2O4S-. The van der Waals surface area contributed by atoms with Crippen LogP contribution in [0.15, 0.2) is 29.5 Å². The fourth-order valence-corrected chi connectivity index (χ4v) is 2.22. The molecule has 1 heterocycles. The van der Waals surface area contributed by atoms with Gasteiger partial charge in [-0.15, -0.1) is 0 Å². The quantitative estimate of drug-likeness (QED) is 0.652. The van der Waals surface area contributed by atoms with Crippen LogP contribution in [-0.4, -0.2) is 32.7 Å². The molecule has 0 saturated carbocycles. The zero-order valence-electron chi connectivity index (χ0n) is 10.9. The van der Waals surface area contributed by atoms with E-state index in [1.54, 1.807) is 0 Å². The second-order valence-corrected chi connectivity index (χ2v) is 5.24. The van der Waals surface area contributed by atoms with Crippen LogP contribution in [0.5, 0.6) is 0 Å². The lowest BCUT2D eigenvalue weighted by molar-refractivity contribution is -0.137. The summed E-state index contributed by atoms with van der Waals surface area (Å²) in [6, 6.07) is 2.47. The average molecular weight is 335 g/mol. The number of nitrogens with two attached hydrogens (primary N) is 1. The van der Waals surface area contributed by atoms with Crippen molar-refractivity contribution in [1.29, 1.82) is 0 Å². The van der Waals surface area contributed by atoms with Crippen LogP contribution in [0.2, 0.25) is 0 Å². The van der Waals surface area contributed by atoms with E-state index in [-0.39, 0.29) is 24.4 Å². The number of hydrogen-bond donors (Lipinski definition) is 1. The summed E-state index contributed by atoms with van der Waals surface area (Å²) < 4.78 is 64.6. The molecule has 0 radical (unpaired) electrons. The highest BCUT2D eigenvalue weighted by Gasteiger charge is 2.32. The highest BCUT2D eigenvalue weighted by Crippen LogP contribution is 2.31. The topological polar surface area (TPSA) is 95.7 Å². The summed E-state index contributed by atoms with van der Waals surface area (Å²) in [6.07, 6.45) is -3.72. The number of carbonyl (C=O) groups is 1. The summed E-state index contributed by atoms with van der Waals surface area (Å²) >= 11 is -2.68. The van der Waals surface area contributed by atoms with E-state index in [0.29, 0.717) is 12.1 Å². The summed E-state index contributed by atoms with van der Waals surface area (Å²) in [5.74, 6) is -0.802. The average Bonchev–Trinajstić information content (AvgIpc) is 2.45. The minimum Gasteiger partial charge on any atom is -0.766 e. The molecule has 1 aliphatic rings. The van der Waals surface area contributed by atoms with Gasteiger partial charge in [0.05, 0.1) is 18.3 Å². The molecule has 0 saturated heterocycles. The lowest BCUT2D eigenvalue weighted by Gasteiger charge is -2.26. The number of hydrogen-bond acceptors (Lipinski definition) is 5. The number of anilines is 1. The van der Waals surface area contributed by atoms with Gasteiger partial charge in [-0.2, -0.15) is 13.2 Å². The Balaban J connectivity index is 2.36. The zero-order chi connectivity index (χ0) is 16.5. The third kappa shape index (κ3) is 3.57. The summed E-state index contributed by atoms with van der Waals surface area (Å²) in [5.41, 5.74) is 3.82. The van der Waals surface area contributed by atoms with Crippen molar-refractivity contribution in [2.24, 2.45) is 0 Å². The molecule has 22 heavy (non-hydrogen) atoms. The number of rotatable bonds is 2. The highest BCUT2D eigenvalue weighted by atomic mass is 32.2. The van der Waals surface area contributed by atoms with E-state index in [1.807, 2.05) is 0 Å². The van der Waals surface area contributed by atoms with Crippen molar-refractivity contribution in [3.05, 3.63) is 40.6 Å². The number of carbonyl (C=O) groups excluding carboxylic acids is 1. The van der Waals surface area contributed by atoms with Crippen LogP contribution in [0, 0.1) is 0 Å². The first-order valence-electron chi connectivity index (χ1n) is 5.91. The Morgan fingerprint density at radius 3 is 2.64 bits per heavy atom. The van der Waals surface area contributed by atoms with E-state index >= 15 is 0 Å². The number of halogens is 3. The van der Waals surface area contributed by atoms with Crippen LogP contribution in [0.1, 0.15) is 15.9 Å². The Hall–Kier alpha value is -2.07. The second kappa shape index (κ2) is 5.97. The van der Waals surface area contributed by atoms with Gasteiger partial charge in [0, 0.05) is 22.3 Å². The van der Waals surface area contributed by atoms with Crippen molar-refractivity contribution in [2.75, 3.05) is 18.9 Å². The van der Waals surface area contributed by atoms with Crippen molar-refractivity contribution in [3.63, 3.8) is 0 Å². The maximum Gasteiger partial charge on any atom is 0.416 e. The van der Waals surface area contributed by atoms with Gasteiger partial charge in [-0.25, -0.2) is 0 Å². The number of nitrogen functional groups attached to an aromatic ring is 1. The van der Waals surface area contributed by atoms with Crippen LogP contribution in [0.4, 0.5) is 18.9 Å². The molecule has 1 aromatic rings. The molecule has 1 atom stereocenters. The van der Waals surface area contributed by atoms with Crippen LogP contribution in [-0.2, 0) is 22.0 Å². The van der Waals surface area contributed by atoms with Crippen LogP contribution in [0.25, 0.3) is 0 Å². The third-order valence-electron chi connectivity index (χ3n) is 2.79. The Labute approximate surface area is 125 Å². The largest absolute Gasteiger partial charge is 0.766 e. The van der Waals surface area contributed by atoms with Gasteiger partial charge in [0.2, 0.25) is 0 Å². The maximum absolute atomic E-state index is 12.7. The fraction of sp³-hybridized carbons (Fsp3) is 0.250. The second-order valence-electron chi connectivity index (χ2n) is 4.37. The highest BCUT2D eigenvalue weighted by molar-refractivity contribution is 7.83. The third-order valence-corrected chi connectivity index (χ3v) is 3.34. The molecule has 1 amide bonds. The lowest BCUT2D eigenvalue weighted by atomic mass is 10.1. The molecule has 120 valence electrons. The van der Waals surface area contributed by atoms with Gasteiger partial charge >= 0.3 is 6.18 Å². The van der Waals surface area contributed by atoms with Crippen molar-refractivity contribution < 1.29 is 31.5 Å². The van der Waals surface area contributed by atoms with Crippen molar-refractivity contribution in [2.45, 2.75) is 6.18 Å². The summed E-state index contributed by atoms with van der Waals surface area (Å²) in [5, 5.41) is -0.459. The molecule has 0 spiro atoms. The van der Waals surface area contributed by atoms with Crippen molar-refractivity contribution >= 4 is 22.7 Å². The number of alkyl halides is 3. The Morgan fingerprint density at radius 2 is 2.05 bits per heavy atom. The Bertz CT molecular complexity index is 660. The number of benzene rings is 1. The first-order valence-corrected chi connectivity index (χ1v) is 6.98. The van der Waals surface area contributed by atoms with Gasteiger partial charge < -0.3 is 19.9 Å². The van der Waals surface area contributed by atoms with Gasteiger partial charge in [0.25, 0.3) is 5.91 Å². The Morgan fingerprint density at radius 1 is 1.36 bits per heavy atom. The SMILES string of the molecule is Nc1cc(C(=O)N2C=C(S(=O)[O-])OCC2)cc(C(F)(F)F)c1. The minimum atomic E-state index is -4.65. The van der Waals surface area contributed by atoms with E-state index in [9.17, 15) is 26.7 Å². The normalized spacial score (nSPS) is 16.7. The molecule has 6 nitrogen and oxygen atoms in total. The van der Waals surface area contributed by atoms with Crippen LogP contribution >= 0.6 is 0 Å². The first kappa shape index (κ1) is 16.3. The minimum absolute atomic E-state index is 0.00961. The zero-order valence-corrected chi connectivity index (χ0v) is 11.7. The van der Waals surface area contributed by atoms with Gasteiger partial charge in [-0.3, -0.25) is 9.00 Å². The van der Waals surface area contributed by atoms with E-state index < -0.39 is 33.8 Å². The predicted molar refractivity (Wildman–Crippen MR) is 69.8 cm³/mol. The maximum atomic E-state index is 12.7. The van der Waals surface area contributed by atoms with Crippen LogP contribution < -0.4 is 5.73 Å². The summed E-state index contributed by atoms with van der Waals surface area (Å²) in [6.45, 7) is -0.0737. The van der Waals surface area contributed by atoms with E-state index in [1.165, 1.54) is 0 Å². The fourth-order valence-electron chi connectivity index (χ4n) is 1.83. The Kier molecular flexibility index (Phi) is 4.42. The number of amides is 1. The van der Waals surface area contributed by atoms with Crippen LogP contribution in [0.3, 0.4) is 0 Å². The molecule has 1 unspecified atom stereocenters. The molecule has 1 aliphatic heterocycles. The van der Waals surface area contributed by atoms with E-state index in [4.69, 9.17) is 10.5 Å². The molecule has 2 rings (SSSR count). The molecule has 10 heteroatoms. The van der Waals surface area contributed by atoms with E-state index in [2.05, 4.69) is 0 Å². The first-order chi connectivity index (χ1) is 10.2. The molecular weight excluding hydrogens is 325 g/mol. The molecule has 0 fully saturated rings. The van der Waals surface area contributed by atoms with Gasteiger partial charge in [-0.05, 0) is 18.2 Å². The summed E-state index contributed by atoms with van der Waals surface area (Å²) in [4.78, 5) is 13.2. The molecule has 0 bridgehead atoms. The number of ether oxygens (including phenoxy) is 1. The van der Waals surface area contributed by atoms with Gasteiger partial charge in [0.15, 0.2) is 5.09 Å². The predicted octanol–water partition coefficient (Wildman–Crippen LogP) is 1.44. The van der Waals surface area contributed by atoms with Crippen molar-refractivity contribution in [1.82, 2.24) is 4.90 Å². The molecule has 0 aromatic heterocycles. The van der Waals surface area contributed by atoms with Gasteiger partial charge in [0.1, 0.15) is 6.61 Å². The van der Waals surface area contributed by atoms with Gasteiger partial charge in [-0.1, -0.05) is 0 Å². The van der Waals surface area contributed by atoms with E-state index in [0.717, 1.165) is 17.2 Å². The summed E-state index contributed by atoms with van der Waals surface area (Å²) in [7, 11) is 0. The standard InChI is InChI=1S/C12H11F3N2O4S/c13-12(14,15)8-3-7(4-9(16)5-8)11(18)17-1-2-21-10(6-17)22(19)20/h3-6H,1-2,16H2,(H,19,20)/p-1.